The van der Waals surface area contributed by atoms with Crippen molar-refractivity contribution in [1.82, 2.24) is 5.32 Å². The van der Waals surface area contributed by atoms with Crippen molar-refractivity contribution in [3.8, 4) is 11.5 Å². The summed E-state index contributed by atoms with van der Waals surface area (Å²) in [5, 5.41) is 14.7. The maximum atomic E-state index is 10.4. The zero-order chi connectivity index (χ0) is 19.1. The Bertz CT molecular complexity index is 724. The molecule has 0 bridgehead atoms. The van der Waals surface area contributed by atoms with E-state index in [1.54, 1.807) is 32.4 Å². The average molecular weight is 398 g/mol. The molecule has 0 amide bonds. The fourth-order valence-electron chi connectivity index (χ4n) is 2.77. The Morgan fingerprint density at radius 3 is 2.35 bits per heavy atom. The summed E-state index contributed by atoms with van der Waals surface area (Å²) in [4.78, 5) is 0. The van der Waals surface area contributed by atoms with E-state index in [2.05, 4.69) is 12.2 Å². The molecule has 2 aromatic rings. The van der Waals surface area contributed by atoms with Crippen molar-refractivity contribution >= 4 is 23.2 Å². The number of methoxy groups -OCH3 is 2. The van der Waals surface area contributed by atoms with Gasteiger partial charge in [-0.2, -0.15) is 0 Å². The van der Waals surface area contributed by atoms with E-state index in [1.807, 2.05) is 18.2 Å². The van der Waals surface area contributed by atoms with Crippen LogP contribution < -0.4 is 14.8 Å². The zero-order valence-corrected chi connectivity index (χ0v) is 16.8. The Kier molecular flexibility index (Phi) is 8.04. The van der Waals surface area contributed by atoms with Crippen molar-refractivity contribution in [1.29, 1.82) is 0 Å². The Morgan fingerprint density at radius 1 is 1.00 bits per heavy atom. The molecule has 6 heteroatoms. The van der Waals surface area contributed by atoms with E-state index in [4.69, 9.17) is 32.7 Å². The van der Waals surface area contributed by atoms with E-state index in [1.165, 1.54) is 0 Å². The SMILES string of the molecule is CCC(Cc1ccc(OC)c(OC)c1)NC[C@H](O)c1ccc(Cl)c(Cl)c1. The Morgan fingerprint density at radius 2 is 1.73 bits per heavy atom. The number of ether oxygens (including phenoxy) is 2. The molecule has 0 aliphatic heterocycles. The van der Waals surface area contributed by atoms with Crippen LogP contribution in [-0.2, 0) is 6.42 Å². The summed E-state index contributed by atoms with van der Waals surface area (Å²) in [7, 11) is 3.25. The number of rotatable bonds is 9. The smallest absolute Gasteiger partial charge is 0.160 e. The van der Waals surface area contributed by atoms with E-state index < -0.39 is 6.10 Å². The summed E-state index contributed by atoms with van der Waals surface area (Å²) in [5.74, 6) is 1.43. The highest BCUT2D eigenvalue weighted by atomic mass is 35.5. The third kappa shape index (κ3) is 5.52. The van der Waals surface area contributed by atoms with E-state index in [9.17, 15) is 5.11 Å². The minimum Gasteiger partial charge on any atom is -0.493 e. The number of aliphatic hydroxyl groups is 1. The monoisotopic (exact) mass is 397 g/mol. The van der Waals surface area contributed by atoms with Crippen LogP contribution in [-0.4, -0.2) is 31.9 Å². The molecule has 2 rings (SSSR count). The van der Waals surface area contributed by atoms with E-state index in [0.29, 0.717) is 22.3 Å². The van der Waals surface area contributed by atoms with Gasteiger partial charge in [0.15, 0.2) is 11.5 Å². The maximum absolute atomic E-state index is 10.4. The van der Waals surface area contributed by atoms with Crippen molar-refractivity contribution in [2.24, 2.45) is 0 Å². The molecule has 0 fully saturated rings. The first-order valence-electron chi connectivity index (χ1n) is 8.55. The molecule has 0 heterocycles. The standard InChI is InChI=1S/C20H25Cl2NO3/c1-4-15(9-13-5-8-19(25-2)20(10-13)26-3)23-12-18(24)14-6-7-16(21)17(22)11-14/h5-8,10-11,15,18,23-24H,4,9,12H2,1-3H3/t15?,18-/m0/s1. The highest BCUT2D eigenvalue weighted by Crippen LogP contribution is 2.28. The lowest BCUT2D eigenvalue weighted by Gasteiger charge is -2.20. The second-order valence-electron chi connectivity index (χ2n) is 6.10. The van der Waals surface area contributed by atoms with Gasteiger partial charge in [-0.3, -0.25) is 0 Å². The van der Waals surface area contributed by atoms with Crippen molar-refractivity contribution in [2.75, 3.05) is 20.8 Å². The Labute approximate surface area is 165 Å². The van der Waals surface area contributed by atoms with E-state index >= 15 is 0 Å². The Hall–Kier alpha value is -1.46. The first-order valence-corrected chi connectivity index (χ1v) is 9.31. The molecule has 0 saturated heterocycles. The number of halogens is 2. The lowest BCUT2D eigenvalue weighted by atomic mass is 10.0. The summed E-state index contributed by atoms with van der Waals surface area (Å²) in [6, 6.07) is 11.3. The predicted octanol–water partition coefficient (Wildman–Crippen LogP) is 4.65. The predicted molar refractivity (Wildman–Crippen MR) is 107 cm³/mol. The number of aliphatic hydroxyl groups excluding tert-OH is 1. The first-order chi connectivity index (χ1) is 12.5. The van der Waals surface area contributed by atoms with Gasteiger partial charge in [0, 0.05) is 12.6 Å². The molecule has 2 aromatic carbocycles. The highest BCUT2D eigenvalue weighted by molar-refractivity contribution is 6.42. The largest absolute Gasteiger partial charge is 0.493 e. The van der Waals surface area contributed by atoms with Crippen molar-refractivity contribution in [3.05, 3.63) is 57.6 Å². The van der Waals surface area contributed by atoms with Crippen molar-refractivity contribution in [2.45, 2.75) is 31.9 Å². The van der Waals surface area contributed by atoms with Crippen LogP contribution in [0.5, 0.6) is 11.5 Å². The van der Waals surface area contributed by atoms with Crippen molar-refractivity contribution < 1.29 is 14.6 Å². The van der Waals surface area contributed by atoms with Crippen LogP contribution in [0.3, 0.4) is 0 Å². The number of nitrogens with one attached hydrogen (secondary N) is 1. The molecule has 0 aliphatic carbocycles. The molecular formula is C20H25Cl2NO3. The lowest BCUT2D eigenvalue weighted by molar-refractivity contribution is 0.169. The van der Waals surface area contributed by atoms with Gasteiger partial charge in [0.05, 0.1) is 30.4 Å². The van der Waals surface area contributed by atoms with Gasteiger partial charge in [0.25, 0.3) is 0 Å². The lowest BCUT2D eigenvalue weighted by Crippen LogP contribution is -2.34. The van der Waals surface area contributed by atoms with E-state index in [0.717, 1.165) is 29.7 Å². The summed E-state index contributed by atoms with van der Waals surface area (Å²) in [5.41, 5.74) is 1.89. The minimum absolute atomic E-state index is 0.227. The number of hydrogen-bond acceptors (Lipinski definition) is 4. The molecule has 0 spiro atoms. The molecule has 2 N–H and O–H groups in total. The third-order valence-corrected chi connectivity index (χ3v) is 5.09. The van der Waals surface area contributed by atoms with Gasteiger partial charge in [0.1, 0.15) is 0 Å². The quantitative estimate of drug-likeness (QED) is 0.646. The topological polar surface area (TPSA) is 50.7 Å². The molecule has 1 unspecified atom stereocenters. The third-order valence-electron chi connectivity index (χ3n) is 4.35. The average Bonchev–Trinajstić information content (AvgIpc) is 2.66. The summed E-state index contributed by atoms with van der Waals surface area (Å²) >= 11 is 11.9. The van der Waals surface area contributed by atoms with Crippen LogP contribution >= 0.6 is 23.2 Å². The number of hydrogen-bond donors (Lipinski definition) is 2. The molecule has 142 valence electrons. The van der Waals surface area contributed by atoms with E-state index in [-0.39, 0.29) is 6.04 Å². The fraction of sp³-hybridized carbons (Fsp3) is 0.400. The van der Waals surface area contributed by atoms with Gasteiger partial charge in [0.2, 0.25) is 0 Å². The molecule has 4 nitrogen and oxygen atoms in total. The van der Waals surface area contributed by atoms with Crippen LogP contribution in [0.4, 0.5) is 0 Å². The van der Waals surface area contributed by atoms with Gasteiger partial charge in [-0.1, -0.05) is 42.3 Å². The first kappa shape index (κ1) is 20.8. The molecule has 0 radical (unpaired) electrons. The van der Waals surface area contributed by atoms with Gasteiger partial charge in [-0.25, -0.2) is 0 Å². The molecule has 2 atom stereocenters. The second kappa shape index (κ2) is 10.0. The zero-order valence-electron chi connectivity index (χ0n) is 15.3. The van der Waals surface area contributed by atoms with Crippen molar-refractivity contribution in [3.63, 3.8) is 0 Å². The summed E-state index contributed by atoms with van der Waals surface area (Å²) in [6.07, 6.45) is 1.11. The minimum atomic E-state index is -0.649. The molecule has 0 saturated carbocycles. The van der Waals surface area contributed by atoms with Crippen LogP contribution in [0.2, 0.25) is 10.0 Å². The Balaban J connectivity index is 1.97. The number of benzene rings is 2. The van der Waals surface area contributed by atoms with Crippen LogP contribution in [0, 0.1) is 0 Å². The van der Waals surface area contributed by atoms with Gasteiger partial charge < -0.3 is 19.9 Å². The maximum Gasteiger partial charge on any atom is 0.160 e. The van der Waals surface area contributed by atoms with Crippen LogP contribution in [0.1, 0.15) is 30.6 Å². The van der Waals surface area contributed by atoms with Gasteiger partial charge >= 0.3 is 0 Å². The molecule has 0 aliphatic rings. The van der Waals surface area contributed by atoms with Crippen LogP contribution in [0.25, 0.3) is 0 Å². The van der Waals surface area contributed by atoms with Gasteiger partial charge in [-0.15, -0.1) is 0 Å². The van der Waals surface area contributed by atoms with Gasteiger partial charge in [-0.05, 0) is 48.2 Å². The van der Waals surface area contributed by atoms with Crippen LogP contribution in [0.15, 0.2) is 36.4 Å². The molecular weight excluding hydrogens is 373 g/mol. The summed E-state index contributed by atoms with van der Waals surface area (Å²) in [6.45, 7) is 2.55. The molecule has 26 heavy (non-hydrogen) atoms. The summed E-state index contributed by atoms with van der Waals surface area (Å²) < 4.78 is 10.6. The highest BCUT2D eigenvalue weighted by Gasteiger charge is 2.14. The molecule has 0 aromatic heterocycles. The second-order valence-corrected chi connectivity index (χ2v) is 6.91. The fourth-order valence-corrected chi connectivity index (χ4v) is 3.08. The normalized spacial score (nSPS) is 13.3.